The number of hydrogen-bond acceptors (Lipinski definition) is 3. The average Bonchev–Trinajstić information content (AvgIpc) is 2.15. The van der Waals surface area contributed by atoms with Crippen LogP contribution in [-0.4, -0.2) is 54.7 Å². The third-order valence-electron chi connectivity index (χ3n) is 2.31. The first-order chi connectivity index (χ1) is 6.51. The first-order valence-electron chi connectivity index (χ1n) is 4.30. The van der Waals surface area contributed by atoms with Gasteiger partial charge in [-0.25, -0.2) is 8.78 Å². The highest BCUT2D eigenvalue weighted by molar-refractivity contribution is 5.77. The Bertz CT molecular complexity index is 223. The molecule has 0 saturated carbocycles. The molecule has 1 amide bonds. The maximum Gasteiger partial charge on any atom is 0.290 e. The third-order valence-corrected chi connectivity index (χ3v) is 2.31. The maximum atomic E-state index is 13.2. The molecule has 1 atom stereocenters. The molecule has 1 fully saturated rings. The predicted octanol–water partition coefficient (Wildman–Crippen LogP) is -0.139. The lowest BCUT2D eigenvalue weighted by Crippen LogP contribution is -2.54. The van der Waals surface area contributed by atoms with Crippen LogP contribution in [0.4, 0.5) is 8.78 Å². The zero-order chi connectivity index (χ0) is 10.8. The SMILES string of the molecule is COC1CCN(C(=O)CO)CC1(F)F. The summed E-state index contributed by atoms with van der Waals surface area (Å²) in [5.74, 6) is -3.70. The van der Waals surface area contributed by atoms with Crippen LogP contribution in [0.2, 0.25) is 0 Å². The summed E-state index contributed by atoms with van der Waals surface area (Å²) in [6.07, 6.45) is -1.04. The molecule has 1 saturated heterocycles. The van der Waals surface area contributed by atoms with Gasteiger partial charge in [0.15, 0.2) is 0 Å². The number of alkyl halides is 2. The van der Waals surface area contributed by atoms with Crippen molar-refractivity contribution in [2.24, 2.45) is 0 Å². The van der Waals surface area contributed by atoms with E-state index in [1.807, 2.05) is 0 Å². The molecule has 1 rings (SSSR count). The number of halogens is 2. The van der Waals surface area contributed by atoms with E-state index in [2.05, 4.69) is 4.74 Å². The average molecular weight is 209 g/mol. The highest BCUT2D eigenvalue weighted by Gasteiger charge is 2.45. The quantitative estimate of drug-likeness (QED) is 0.688. The van der Waals surface area contributed by atoms with E-state index in [9.17, 15) is 13.6 Å². The van der Waals surface area contributed by atoms with Gasteiger partial charge in [-0.2, -0.15) is 0 Å². The first-order valence-corrected chi connectivity index (χ1v) is 4.30. The Balaban J connectivity index is 2.62. The highest BCUT2D eigenvalue weighted by atomic mass is 19.3. The third kappa shape index (κ3) is 2.19. The minimum absolute atomic E-state index is 0.0925. The van der Waals surface area contributed by atoms with Crippen molar-refractivity contribution >= 4 is 5.91 Å². The molecule has 0 spiro atoms. The van der Waals surface area contributed by atoms with Gasteiger partial charge in [-0.15, -0.1) is 0 Å². The summed E-state index contributed by atoms with van der Waals surface area (Å²) >= 11 is 0. The number of ether oxygens (including phenoxy) is 1. The summed E-state index contributed by atoms with van der Waals surface area (Å²) in [5.41, 5.74) is 0. The topological polar surface area (TPSA) is 49.8 Å². The van der Waals surface area contributed by atoms with Crippen LogP contribution < -0.4 is 0 Å². The van der Waals surface area contributed by atoms with Crippen molar-refractivity contribution in [2.45, 2.75) is 18.4 Å². The Morgan fingerprint density at radius 1 is 1.71 bits per heavy atom. The number of carbonyl (C=O) groups is 1. The molecule has 14 heavy (non-hydrogen) atoms. The molecule has 82 valence electrons. The number of aliphatic hydroxyl groups excluding tert-OH is 1. The lowest BCUT2D eigenvalue weighted by molar-refractivity contribution is -0.174. The zero-order valence-electron chi connectivity index (χ0n) is 7.87. The van der Waals surface area contributed by atoms with E-state index in [1.54, 1.807) is 0 Å². The molecule has 1 unspecified atom stereocenters. The molecule has 0 bridgehead atoms. The molecule has 0 aromatic rings. The standard InChI is InChI=1S/C8H13F2NO3/c1-14-6-2-3-11(7(13)4-12)5-8(6,9)10/h6,12H,2-5H2,1H3. The van der Waals surface area contributed by atoms with Crippen molar-refractivity contribution < 1.29 is 23.4 Å². The molecule has 0 aromatic carbocycles. The summed E-state index contributed by atoms with van der Waals surface area (Å²) in [5, 5.41) is 8.51. The van der Waals surface area contributed by atoms with Gasteiger partial charge in [-0.1, -0.05) is 0 Å². The van der Waals surface area contributed by atoms with Crippen LogP contribution in [-0.2, 0) is 9.53 Å². The normalized spacial score (nSPS) is 26.3. The highest BCUT2D eigenvalue weighted by Crippen LogP contribution is 2.29. The van der Waals surface area contributed by atoms with Crippen molar-refractivity contribution in [3.8, 4) is 0 Å². The van der Waals surface area contributed by atoms with Crippen LogP contribution in [0.1, 0.15) is 6.42 Å². The summed E-state index contributed by atoms with van der Waals surface area (Å²) in [6, 6.07) is 0. The Morgan fingerprint density at radius 3 is 2.79 bits per heavy atom. The fourth-order valence-electron chi connectivity index (χ4n) is 1.52. The predicted molar refractivity (Wildman–Crippen MR) is 44.0 cm³/mol. The van der Waals surface area contributed by atoms with E-state index in [4.69, 9.17) is 5.11 Å². The van der Waals surface area contributed by atoms with Gasteiger partial charge in [0, 0.05) is 13.7 Å². The van der Waals surface area contributed by atoms with Gasteiger partial charge in [0.05, 0.1) is 6.54 Å². The van der Waals surface area contributed by atoms with Crippen molar-refractivity contribution in [3.05, 3.63) is 0 Å². The van der Waals surface area contributed by atoms with Gasteiger partial charge >= 0.3 is 0 Å². The molecule has 1 aliphatic heterocycles. The van der Waals surface area contributed by atoms with Crippen molar-refractivity contribution in [2.75, 3.05) is 26.8 Å². The fraction of sp³-hybridized carbons (Fsp3) is 0.875. The van der Waals surface area contributed by atoms with E-state index in [1.165, 1.54) is 7.11 Å². The molecule has 0 aliphatic carbocycles. The van der Waals surface area contributed by atoms with E-state index in [-0.39, 0.29) is 13.0 Å². The van der Waals surface area contributed by atoms with Crippen LogP contribution in [0.25, 0.3) is 0 Å². The number of hydrogen-bond donors (Lipinski definition) is 1. The summed E-state index contributed by atoms with van der Waals surface area (Å²) in [4.78, 5) is 11.9. The number of nitrogens with zero attached hydrogens (tertiary/aromatic N) is 1. The van der Waals surface area contributed by atoms with Crippen LogP contribution in [0, 0.1) is 0 Å². The number of rotatable bonds is 2. The second-order valence-corrected chi connectivity index (χ2v) is 3.25. The first kappa shape index (κ1) is 11.3. The van der Waals surface area contributed by atoms with Crippen LogP contribution in [0.5, 0.6) is 0 Å². The monoisotopic (exact) mass is 209 g/mol. The number of methoxy groups -OCH3 is 1. The largest absolute Gasteiger partial charge is 0.387 e. The van der Waals surface area contributed by atoms with E-state index < -0.39 is 31.1 Å². The lowest BCUT2D eigenvalue weighted by atomic mass is 10.0. The molecule has 4 nitrogen and oxygen atoms in total. The number of piperidine rings is 1. The summed E-state index contributed by atoms with van der Waals surface area (Å²) < 4.78 is 31.0. The molecular weight excluding hydrogens is 196 g/mol. The smallest absolute Gasteiger partial charge is 0.290 e. The second kappa shape index (κ2) is 4.18. The van der Waals surface area contributed by atoms with Gasteiger partial charge in [-0.05, 0) is 6.42 Å². The number of amides is 1. The zero-order valence-corrected chi connectivity index (χ0v) is 7.87. The molecule has 1 heterocycles. The lowest BCUT2D eigenvalue weighted by Gasteiger charge is -2.37. The van der Waals surface area contributed by atoms with Crippen molar-refractivity contribution in [3.63, 3.8) is 0 Å². The van der Waals surface area contributed by atoms with Gasteiger partial charge in [0.25, 0.3) is 5.92 Å². The van der Waals surface area contributed by atoms with Gasteiger partial charge < -0.3 is 14.7 Å². The fourth-order valence-corrected chi connectivity index (χ4v) is 1.52. The maximum absolute atomic E-state index is 13.2. The van der Waals surface area contributed by atoms with Crippen LogP contribution in [0.3, 0.4) is 0 Å². The minimum atomic E-state index is -3.03. The van der Waals surface area contributed by atoms with Gasteiger partial charge in [0.1, 0.15) is 12.7 Å². The molecular formula is C8H13F2NO3. The number of likely N-dealkylation sites (tertiary alicyclic amines) is 1. The number of aliphatic hydroxyl groups is 1. The Hall–Kier alpha value is -0.750. The Labute approximate surface area is 80.4 Å². The molecule has 1 N–H and O–H groups in total. The molecule has 0 radical (unpaired) electrons. The molecule has 1 aliphatic rings. The van der Waals surface area contributed by atoms with E-state index in [0.717, 1.165) is 4.90 Å². The minimum Gasteiger partial charge on any atom is -0.387 e. The van der Waals surface area contributed by atoms with Crippen molar-refractivity contribution in [1.29, 1.82) is 0 Å². The van der Waals surface area contributed by atoms with Gasteiger partial charge in [0.2, 0.25) is 5.91 Å². The summed E-state index contributed by atoms with van der Waals surface area (Å²) in [7, 11) is 1.22. The Kier molecular flexibility index (Phi) is 3.38. The van der Waals surface area contributed by atoms with Crippen LogP contribution in [0.15, 0.2) is 0 Å². The Morgan fingerprint density at radius 2 is 2.36 bits per heavy atom. The van der Waals surface area contributed by atoms with Gasteiger partial charge in [-0.3, -0.25) is 4.79 Å². The summed E-state index contributed by atoms with van der Waals surface area (Å²) in [6.45, 7) is -1.20. The van der Waals surface area contributed by atoms with E-state index >= 15 is 0 Å². The van der Waals surface area contributed by atoms with E-state index in [0.29, 0.717) is 0 Å². The molecule has 6 heteroatoms. The molecule has 0 aromatic heterocycles. The number of carbonyl (C=O) groups excluding carboxylic acids is 1. The van der Waals surface area contributed by atoms with Crippen molar-refractivity contribution in [1.82, 2.24) is 4.90 Å². The second-order valence-electron chi connectivity index (χ2n) is 3.25. The van der Waals surface area contributed by atoms with Crippen LogP contribution >= 0.6 is 0 Å².